The molecule has 0 aliphatic carbocycles. The van der Waals surface area contributed by atoms with Crippen LogP contribution in [0.1, 0.15) is 26.3 Å². The Morgan fingerprint density at radius 2 is 1.79 bits per heavy atom. The number of rotatable bonds is 6. The molecule has 2 aromatic carbocycles. The second kappa shape index (κ2) is 7.83. The highest BCUT2D eigenvalue weighted by molar-refractivity contribution is 7.92. The SMILES string of the molecule is CC(C)(C)CNC(=O)COc1ccc(S(=O)(=O)N2CCc3ccccc32)cc1. The van der Waals surface area contributed by atoms with Crippen LogP contribution >= 0.6 is 0 Å². The Labute approximate surface area is 166 Å². The Morgan fingerprint density at radius 3 is 2.46 bits per heavy atom. The van der Waals surface area contributed by atoms with Crippen LogP contribution in [0, 0.1) is 5.41 Å². The smallest absolute Gasteiger partial charge is 0.264 e. The fourth-order valence-electron chi connectivity index (χ4n) is 2.96. The van der Waals surface area contributed by atoms with Crippen LogP contribution in [-0.4, -0.2) is 34.0 Å². The number of ether oxygens (including phenoxy) is 1. The molecule has 7 heteroatoms. The number of carbonyl (C=O) groups excluding carboxylic acids is 1. The molecule has 1 aliphatic rings. The van der Waals surface area contributed by atoms with Gasteiger partial charge in [-0.3, -0.25) is 9.10 Å². The number of nitrogens with zero attached hydrogens (tertiary/aromatic N) is 1. The van der Waals surface area contributed by atoms with Crippen molar-refractivity contribution in [2.75, 3.05) is 24.0 Å². The average molecular weight is 403 g/mol. The third-order valence-corrected chi connectivity index (χ3v) is 6.27. The van der Waals surface area contributed by atoms with Gasteiger partial charge in [-0.05, 0) is 47.7 Å². The van der Waals surface area contributed by atoms with Gasteiger partial charge in [-0.15, -0.1) is 0 Å². The zero-order valence-corrected chi connectivity index (χ0v) is 17.3. The monoisotopic (exact) mass is 402 g/mol. The molecule has 0 saturated heterocycles. The predicted octanol–water partition coefficient (Wildman–Crippen LogP) is 2.98. The molecular weight excluding hydrogens is 376 g/mol. The summed E-state index contributed by atoms with van der Waals surface area (Å²) in [5, 5.41) is 2.81. The van der Waals surface area contributed by atoms with Gasteiger partial charge in [0.25, 0.3) is 15.9 Å². The van der Waals surface area contributed by atoms with E-state index >= 15 is 0 Å². The molecule has 0 atom stereocenters. The first-order valence-electron chi connectivity index (χ1n) is 9.27. The third-order valence-electron chi connectivity index (χ3n) is 4.44. The molecule has 1 N–H and O–H groups in total. The molecule has 1 amide bonds. The summed E-state index contributed by atoms with van der Waals surface area (Å²) in [6.07, 6.45) is 0.709. The van der Waals surface area contributed by atoms with Crippen LogP contribution in [0.5, 0.6) is 5.75 Å². The lowest BCUT2D eigenvalue weighted by molar-refractivity contribution is -0.123. The molecule has 0 unspecified atom stereocenters. The lowest BCUT2D eigenvalue weighted by atomic mass is 9.97. The topological polar surface area (TPSA) is 75.7 Å². The van der Waals surface area contributed by atoms with E-state index < -0.39 is 10.0 Å². The number of carbonyl (C=O) groups is 1. The molecule has 0 spiro atoms. The first kappa shape index (κ1) is 20.2. The van der Waals surface area contributed by atoms with Crippen molar-refractivity contribution in [2.24, 2.45) is 5.41 Å². The summed E-state index contributed by atoms with van der Waals surface area (Å²) in [4.78, 5) is 12.0. The number of fused-ring (bicyclic) bond motifs is 1. The van der Waals surface area contributed by atoms with Gasteiger partial charge in [-0.25, -0.2) is 8.42 Å². The van der Waals surface area contributed by atoms with Gasteiger partial charge in [0.05, 0.1) is 10.6 Å². The van der Waals surface area contributed by atoms with Crippen LogP contribution in [-0.2, 0) is 21.2 Å². The van der Waals surface area contributed by atoms with Crippen LogP contribution in [0.2, 0.25) is 0 Å². The maximum Gasteiger partial charge on any atom is 0.264 e. The summed E-state index contributed by atoms with van der Waals surface area (Å²) >= 11 is 0. The average Bonchev–Trinajstić information content (AvgIpc) is 3.09. The number of anilines is 1. The highest BCUT2D eigenvalue weighted by atomic mass is 32.2. The molecule has 0 bridgehead atoms. The molecular formula is C21H26N2O4S. The molecule has 6 nitrogen and oxygen atoms in total. The van der Waals surface area contributed by atoms with Gasteiger partial charge < -0.3 is 10.1 Å². The van der Waals surface area contributed by atoms with E-state index in [1.54, 1.807) is 12.1 Å². The fraction of sp³-hybridized carbons (Fsp3) is 0.381. The van der Waals surface area contributed by atoms with E-state index in [1.165, 1.54) is 16.4 Å². The maximum absolute atomic E-state index is 13.0. The van der Waals surface area contributed by atoms with Gasteiger partial charge in [0, 0.05) is 13.1 Å². The van der Waals surface area contributed by atoms with Crippen LogP contribution in [0.25, 0.3) is 0 Å². The van der Waals surface area contributed by atoms with Crippen LogP contribution in [0.3, 0.4) is 0 Å². The van der Waals surface area contributed by atoms with Crippen molar-refractivity contribution < 1.29 is 17.9 Å². The van der Waals surface area contributed by atoms with Crippen molar-refractivity contribution in [1.82, 2.24) is 5.32 Å². The Morgan fingerprint density at radius 1 is 1.11 bits per heavy atom. The Bertz CT molecular complexity index is 947. The summed E-state index contributed by atoms with van der Waals surface area (Å²) in [6.45, 7) is 6.99. The van der Waals surface area contributed by atoms with Gasteiger partial charge in [-0.2, -0.15) is 0 Å². The van der Waals surface area contributed by atoms with E-state index in [0.29, 0.717) is 25.3 Å². The predicted molar refractivity (Wildman–Crippen MR) is 109 cm³/mol. The summed E-state index contributed by atoms with van der Waals surface area (Å²) in [7, 11) is -3.63. The molecule has 1 aliphatic heterocycles. The summed E-state index contributed by atoms with van der Waals surface area (Å²) in [5.74, 6) is 0.243. The van der Waals surface area contributed by atoms with Gasteiger partial charge in [0.2, 0.25) is 0 Å². The molecule has 3 rings (SSSR count). The van der Waals surface area contributed by atoms with Crippen LogP contribution in [0.15, 0.2) is 53.4 Å². The molecule has 0 radical (unpaired) electrons. The van der Waals surface area contributed by atoms with E-state index in [0.717, 1.165) is 11.3 Å². The lowest BCUT2D eigenvalue weighted by Gasteiger charge is -2.20. The maximum atomic E-state index is 13.0. The quantitative estimate of drug-likeness (QED) is 0.806. The summed E-state index contributed by atoms with van der Waals surface area (Å²) in [5.41, 5.74) is 1.77. The molecule has 28 heavy (non-hydrogen) atoms. The van der Waals surface area contributed by atoms with E-state index in [2.05, 4.69) is 5.32 Å². The number of hydrogen-bond donors (Lipinski definition) is 1. The zero-order chi connectivity index (χ0) is 20.4. The second-order valence-corrected chi connectivity index (χ2v) is 9.92. The standard InChI is InChI=1S/C21H26N2O4S/c1-21(2,3)15-22-20(24)14-27-17-8-10-18(11-9-17)28(25,26)23-13-12-16-6-4-5-7-19(16)23/h4-11H,12-15H2,1-3H3,(H,22,24). The van der Waals surface area contributed by atoms with Crippen molar-refractivity contribution in [3.05, 3.63) is 54.1 Å². The van der Waals surface area contributed by atoms with Crippen LogP contribution < -0.4 is 14.4 Å². The molecule has 2 aromatic rings. The minimum absolute atomic E-state index is 0.000140. The third kappa shape index (κ3) is 4.65. The van der Waals surface area contributed by atoms with Crippen molar-refractivity contribution in [3.63, 3.8) is 0 Å². The second-order valence-electron chi connectivity index (χ2n) is 8.05. The Balaban J connectivity index is 1.64. The van der Waals surface area contributed by atoms with Crippen molar-refractivity contribution in [1.29, 1.82) is 0 Å². The van der Waals surface area contributed by atoms with Crippen molar-refractivity contribution in [2.45, 2.75) is 32.1 Å². The normalized spacial score (nSPS) is 13.9. The molecule has 150 valence electrons. The Kier molecular flexibility index (Phi) is 5.65. The highest BCUT2D eigenvalue weighted by Crippen LogP contribution is 2.32. The van der Waals surface area contributed by atoms with E-state index in [9.17, 15) is 13.2 Å². The number of nitrogens with one attached hydrogen (secondary N) is 1. The van der Waals surface area contributed by atoms with Crippen LogP contribution in [0.4, 0.5) is 5.69 Å². The Hall–Kier alpha value is -2.54. The fourth-order valence-corrected chi connectivity index (χ4v) is 4.46. The number of benzene rings is 2. The van der Waals surface area contributed by atoms with E-state index in [1.807, 2.05) is 45.0 Å². The zero-order valence-electron chi connectivity index (χ0n) is 16.4. The van der Waals surface area contributed by atoms with Crippen molar-refractivity contribution in [3.8, 4) is 5.75 Å². The number of sulfonamides is 1. The molecule has 0 aromatic heterocycles. The number of para-hydroxylation sites is 1. The van der Waals surface area contributed by atoms with E-state index in [-0.39, 0.29) is 22.8 Å². The number of hydrogen-bond acceptors (Lipinski definition) is 4. The van der Waals surface area contributed by atoms with Crippen molar-refractivity contribution >= 4 is 21.6 Å². The van der Waals surface area contributed by atoms with Gasteiger partial charge in [0.1, 0.15) is 5.75 Å². The first-order chi connectivity index (χ1) is 13.2. The summed E-state index contributed by atoms with van der Waals surface area (Å²) < 4.78 is 32.9. The minimum atomic E-state index is -3.63. The molecule has 1 heterocycles. The number of amides is 1. The lowest BCUT2D eigenvalue weighted by Crippen LogP contribution is -2.35. The minimum Gasteiger partial charge on any atom is -0.484 e. The molecule has 0 saturated carbocycles. The van der Waals surface area contributed by atoms with Gasteiger partial charge in [0.15, 0.2) is 6.61 Å². The van der Waals surface area contributed by atoms with Gasteiger partial charge >= 0.3 is 0 Å². The molecule has 0 fully saturated rings. The van der Waals surface area contributed by atoms with Gasteiger partial charge in [-0.1, -0.05) is 39.0 Å². The summed E-state index contributed by atoms with van der Waals surface area (Å²) in [6, 6.07) is 13.7. The highest BCUT2D eigenvalue weighted by Gasteiger charge is 2.30. The first-order valence-corrected chi connectivity index (χ1v) is 10.7. The van der Waals surface area contributed by atoms with E-state index in [4.69, 9.17) is 4.74 Å². The largest absolute Gasteiger partial charge is 0.484 e.